The molecule has 4 rings (SSSR count). The van der Waals surface area contributed by atoms with E-state index in [-0.39, 0.29) is 5.91 Å². The van der Waals surface area contributed by atoms with Gasteiger partial charge in [-0.2, -0.15) is 18.3 Å². The second kappa shape index (κ2) is 9.13. The Labute approximate surface area is 198 Å². The van der Waals surface area contributed by atoms with Crippen molar-refractivity contribution < 1.29 is 18.0 Å². The molecule has 1 aromatic carbocycles. The molecule has 0 radical (unpaired) electrons. The fourth-order valence-corrected chi connectivity index (χ4v) is 4.32. The standard InChI is InChI=1S/C23H23F3N6OS/c1-12(2)11-32-19-6-15(5-17(18(19)10-30-32)21-27-7-13(3)34-21)20(33)31-14(4)16-8-28-22(29-9-16)23(24,25)26/h5-10,12,14H,11H2,1-4H3,(H,31,33). The lowest BCUT2D eigenvalue weighted by atomic mass is 10.0. The van der Waals surface area contributed by atoms with Crippen molar-refractivity contribution in [3.8, 4) is 10.6 Å². The maximum absolute atomic E-state index is 13.2. The molecule has 34 heavy (non-hydrogen) atoms. The number of aromatic nitrogens is 5. The normalized spacial score (nSPS) is 12.9. The predicted octanol–water partition coefficient (Wildman–Crippen LogP) is 5.42. The number of rotatable bonds is 6. The van der Waals surface area contributed by atoms with Crippen molar-refractivity contribution in [2.75, 3.05) is 0 Å². The molecule has 0 fully saturated rings. The highest BCUT2D eigenvalue weighted by Gasteiger charge is 2.34. The van der Waals surface area contributed by atoms with Crippen molar-refractivity contribution in [3.63, 3.8) is 0 Å². The first kappa shape index (κ1) is 23.8. The summed E-state index contributed by atoms with van der Waals surface area (Å²) in [5, 5.41) is 9.03. The lowest BCUT2D eigenvalue weighted by molar-refractivity contribution is -0.145. The van der Waals surface area contributed by atoms with E-state index in [1.54, 1.807) is 31.5 Å². The maximum atomic E-state index is 13.2. The molecule has 4 aromatic rings. The van der Waals surface area contributed by atoms with E-state index in [2.05, 4.69) is 39.2 Å². The molecule has 7 nitrogen and oxygen atoms in total. The van der Waals surface area contributed by atoms with Gasteiger partial charge in [-0.1, -0.05) is 13.8 Å². The molecule has 178 valence electrons. The largest absolute Gasteiger partial charge is 0.451 e. The molecule has 0 spiro atoms. The predicted molar refractivity (Wildman–Crippen MR) is 123 cm³/mol. The van der Waals surface area contributed by atoms with Gasteiger partial charge in [-0.05, 0) is 31.9 Å². The SMILES string of the molecule is Cc1cnc(-c2cc(C(=O)NC(C)c3cnc(C(F)(F)F)nc3)cc3c2cnn3CC(C)C)s1. The highest BCUT2D eigenvalue weighted by molar-refractivity contribution is 7.15. The number of alkyl halides is 3. The smallest absolute Gasteiger partial charge is 0.345 e. The van der Waals surface area contributed by atoms with E-state index < -0.39 is 18.0 Å². The van der Waals surface area contributed by atoms with Gasteiger partial charge in [0.15, 0.2) is 0 Å². The number of aryl methyl sites for hydroxylation is 1. The van der Waals surface area contributed by atoms with Gasteiger partial charge in [0.1, 0.15) is 5.01 Å². The number of carbonyl (C=O) groups excluding carboxylic acids is 1. The van der Waals surface area contributed by atoms with Crippen molar-refractivity contribution in [2.45, 2.75) is 46.5 Å². The molecular formula is C23H23F3N6OS. The summed E-state index contributed by atoms with van der Waals surface area (Å²) in [6.07, 6.45) is 1.10. The summed E-state index contributed by atoms with van der Waals surface area (Å²) in [7, 11) is 0. The molecule has 3 aromatic heterocycles. The molecule has 1 N–H and O–H groups in total. The second-order valence-corrected chi connectivity index (χ2v) is 9.72. The summed E-state index contributed by atoms with van der Waals surface area (Å²) < 4.78 is 40.1. The Bertz CT molecular complexity index is 1330. The van der Waals surface area contributed by atoms with Crippen LogP contribution in [0.25, 0.3) is 21.5 Å². The van der Waals surface area contributed by atoms with Gasteiger partial charge >= 0.3 is 6.18 Å². The van der Waals surface area contributed by atoms with Gasteiger partial charge in [-0.25, -0.2) is 15.0 Å². The van der Waals surface area contributed by atoms with Crippen LogP contribution in [-0.4, -0.2) is 30.6 Å². The van der Waals surface area contributed by atoms with Crippen LogP contribution in [0.15, 0.2) is 36.9 Å². The van der Waals surface area contributed by atoms with E-state index in [4.69, 9.17) is 0 Å². The van der Waals surface area contributed by atoms with E-state index in [9.17, 15) is 18.0 Å². The van der Waals surface area contributed by atoms with Crippen LogP contribution in [0.3, 0.4) is 0 Å². The molecular weight excluding hydrogens is 465 g/mol. The number of benzene rings is 1. The van der Waals surface area contributed by atoms with Crippen LogP contribution in [-0.2, 0) is 12.7 Å². The highest BCUT2D eigenvalue weighted by Crippen LogP contribution is 2.33. The summed E-state index contributed by atoms with van der Waals surface area (Å²) in [6.45, 7) is 8.48. The number of nitrogens with one attached hydrogen (secondary N) is 1. The Kier molecular flexibility index (Phi) is 6.39. The third-order valence-electron chi connectivity index (χ3n) is 5.19. The van der Waals surface area contributed by atoms with Crippen molar-refractivity contribution >= 4 is 28.1 Å². The third kappa shape index (κ3) is 4.93. The summed E-state index contributed by atoms with van der Waals surface area (Å²) in [5.41, 5.74) is 2.39. The van der Waals surface area contributed by atoms with E-state index in [1.165, 1.54) is 11.3 Å². The Hall–Kier alpha value is -3.34. The Morgan fingerprint density at radius 1 is 1.09 bits per heavy atom. The first-order chi connectivity index (χ1) is 16.0. The Morgan fingerprint density at radius 3 is 2.38 bits per heavy atom. The first-order valence-electron chi connectivity index (χ1n) is 10.6. The molecule has 0 saturated carbocycles. The molecule has 0 saturated heterocycles. The summed E-state index contributed by atoms with van der Waals surface area (Å²) in [4.78, 5) is 25.4. The number of amides is 1. The second-order valence-electron chi connectivity index (χ2n) is 8.49. The molecule has 1 unspecified atom stereocenters. The third-order valence-corrected chi connectivity index (χ3v) is 6.13. The summed E-state index contributed by atoms with van der Waals surface area (Å²) in [5.74, 6) is -1.24. The van der Waals surface area contributed by atoms with Crippen LogP contribution in [0.4, 0.5) is 13.2 Å². The fourth-order valence-electron chi connectivity index (χ4n) is 3.53. The van der Waals surface area contributed by atoms with Gasteiger partial charge in [-0.3, -0.25) is 9.48 Å². The Morgan fingerprint density at radius 2 is 1.79 bits per heavy atom. The van der Waals surface area contributed by atoms with E-state index in [1.807, 2.05) is 11.6 Å². The minimum absolute atomic E-state index is 0.353. The maximum Gasteiger partial charge on any atom is 0.451 e. The summed E-state index contributed by atoms with van der Waals surface area (Å²) >= 11 is 1.53. The zero-order chi connectivity index (χ0) is 24.6. The van der Waals surface area contributed by atoms with E-state index in [0.29, 0.717) is 23.6 Å². The molecule has 0 aliphatic heterocycles. The van der Waals surface area contributed by atoms with Crippen LogP contribution in [0.1, 0.15) is 53.4 Å². The quantitative estimate of drug-likeness (QED) is 0.392. The number of hydrogen-bond acceptors (Lipinski definition) is 6. The molecule has 11 heteroatoms. The van der Waals surface area contributed by atoms with Crippen molar-refractivity contribution in [2.24, 2.45) is 5.92 Å². The number of halogens is 3. The molecule has 1 amide bonds. The zero-order valence-corrected chi connectivity index (χ0v) is 19.8. The number of hydrogen-bond donors (Lipinski definition) is 1. The van der Waals surface area contributed by atoms with Gasteiger partial charge in [0, 0.05) is 52.1 Å². The highest BCUT2D eigenvalue weighted by atomic mass is 32.1. The number of carbonyl (C=O) groups is 1. The number of nitrogens with zero attached hydrogens (tertiary/aromatic N) is 5. The van der Waals surface area contributed by atoms with Crippen molar-refractivity contribution in [1.82, 2.24) is 30.0 Å². The molecule has 0 aliphatic carbocycles. The van der Waals surface area contributed by atoms with Gasteiger partial charge in [0.2, 0.25) is 5.82 Å². The van der Waals surface area contributed by atoms with Gasteiger partial charge in [0.25, 0.3) is 5.91 Å². The van der Waals surface area contributed by atoms with Crippen LogP contribution in [0.5, 0.6) is 0 Å². The van der Waals surface area contributed by atoms with Gasteiger partial charge < -0.3 is 5.32 Å². The van der Waals surface area contributed by atoms with Crippen LogP contribution < -0.4 is 5.32 Å². The van der Waals surface area contributed by atoms with Crippen molar-refractivity contribution in [3.05, 3.63) is 58.7 Å². The molecule has 0 bridgehead atoms. The summed E-state index contributed by atoms with van der Waals surface area (Å²) in [6, 6.07) is 2.95. The lowest BCUT2D eigenvalue weighted by Crippen LogP contribution is -2.27. The minimum Gasteiger partial charge on any atom is -0.345 e. The van der Waals surface area contributed by atoms with Gasteiger partial charge in [-0.15, -0.1) is 11.3 Å². The van der Waals surface area contributed by atoms with Crippen LogP contribution >= 0.6 is 11.3 Å². The average Bonchev–Trinajstić information content (AvgIpc) is 3.38. The van der Waals surface area contributed by atoms with E-state index in [0.717, 1.165) is 38.7 Å². The van der Waals surface area contributed by atoms with Crippen molar-refractivity contribution in [1.29, 1.82) is 0 Å². The minimum atomic E-state index is -4.62. The number of thiazole rings is 1. The lowest BCUT2D eigenvalue weighted by Gasteiger charge is -2.15. The fraction of sp³-hybridized carbons (Fsp3) is 0.348. The van der Waals surface area contributed by atoms with Crippen LogP contribution in [0, 0.1) is 12.8 Å². The Balaban J connectivity index is 1.68. The zero-order valence-electron chi connectivity index (χ0n) is 19.0. The van der Waals surface area contributed by atoms with Crippen LogP contribution in [0.2, 0.25) is 0 Å². The van der Waals surface area contributed by atoms with E-state index >= 15 is 0 Å². The first-order valence-corrected chi connectivity index (χ1v) is 11.5. The molecule has 3 heterocycles. The molecule has 0 aliphatic rings. The molecule has 1 atom stereocenters. The monoisotopic (exact) mass is 488 g/mol. The number of fused-ring (bicyclic) bond motifs is 1. The topological polar surface area (TPSA) is 85.6 Å². The average molecular weight is 489 g/mol. The van der Waals surface area contributed by atoms with Gasteiger partial charge in [0.05, 0.1) is 17.8 Å².